The Kier molecular flexibility index (Phi) is 6.64. The number of allylic oxidation sites excluding steroid dienone is 1. The second kappa shape index (κ2) is 8.97. The van der Waals surface area contributed by atoms with Gasteiger partial charge in [-0.1, -0.05) is 41.0 Å². The van der Waals surface area contributed by atoms with Crippen LogP contribution in [0.5, 0.6) is 0 Å². The van der Waals surface area contributed by atoms with E-state index in [-0.39, 0.29) is 11.7 Å². The maximum Gasteiger partial charge on any atom is 0.234 e. The molecule has 0 atom stereocenters. The minimum absolute atomic E-state index is 0.125. The number of carbonyl (C=O) groups excluding carboxylic acids is 1. The van der Waals surface area contributed by atoms with Crippen LogP contribution in [0.4, 0.5) is 5.69 Å². The lowest BCUT2D eigenvalue weighted by Crippen LogP contribution is -2.15. The van der Waals surface area contributed by atoms with Crippen LogP contribution in [0.15, 0.2) is 57.2 Å². The lowest BCUT2D eigenvalue weighted by Gasteiger charge is -2.08. The predicted octanol–water partition coefficient (Wildman–Crippen LogP) is 5.52. The van der Waals surface area contributed by atoms with Crippen molar-refractivity contribution < 1.29 is 9.21 Å². The summed E-state index contributed by atoms with van der Waals surface area (Å²) >= 11 is 16.5. The zero-order valence-electron chi connectivity index (χ0n) is 13.8. The molecule has 0 unspecified atom stereocenters. The third-order valence-electron chi connectivity index (χ3n) is 3.36. The van der Waals surface area contributed by atoms with Gasteiger partial charge in [0.15, 0.2) is 15.6 Å². The lowest BCUT2D eigenvalue weighted by molar-refractivity contribution is -0.113. The van der Waals surface area contributed by atoms with Gasteiger partial charge in [0.25, 0.3) is 0 Å². The van der Waals surface area contributed by atoms with Gasteiger partial charge in [0, 0.05) is 11.6 Å². The van der Waals surface area contributed by atoms with Crippen LogP contribution in [0.2, 0.25) is 10.0 Å². The summed E-state index contributed by atoms with van der Waals surface area (Å²) in [5.74, 6) is 1.01. The van der Waals surface area contributed by atoms with Crippen molar-refractivity contribution >= 4 is 62.5 Å². The van der Waals surface area contributed by atoms with Crippen molar-refractivity contribution in [3.63, 3.8) is 0 Å². The first-order valence-corrected chi connectivity index (χ1v) is 10.2. The minimum Gasteiger partial charge on any atom is -0.446 e. The second-order valence-corrected chi connectivity index (χ2v) is 7.84. The summed E-state index contributed by atoms with van der Waals surface area (Å²) in [7, 11) is 0. The van der Waals surface area contributed by atoms with E-state index in [9.17, 15) is 4.79 Å². The summed E-state index contributed by atoms with van der Waals surface area (Å²) in [6, 6.07) is 8.44. The summed E-state index contributed by atoms with van der Waals surface area (Å²) in [4.78, 5) is 12.3. The maximum absolute atomic E-state index is 12.3. The standard InChI is InChI=1S/C17H13BrCl2N4O2S/c1-2-7-24-16(13-5-6-14(18)26-13)22-23-17(24)27-9-15(25)21-12-8-10(19)3-4-11(12)20/h2-6,8H,1,7,9H2,(H,21,25). The smallest absolute Gasteiger partial charge is 0.234 e. The molecule has 10 heteroatoms. The second-order valence-electron chi connectivity index (χ2n) is 5.27. The van der Waals surface area contributed by atoms with Gasteiger partial charge in [-0.3, -0.25) is 9.36 Å². The topological polar surface area (TPSA) is 73.0 Å². The Hall–Kier alpha value is -1.74. The summed E-state index contributed by atoms with van der Waals surface area (Å²) < 4.78 is 7.96. The molecule has 1 amide bonds. The van der Waals surface area contributed by atoms with E-state index >= 15 is 0 Å². The fraction of sp³-hybridized carbons (Fsp3) is 0.118. The quantitative estimate of drug-likeness (QED) is 0.350. The summed E-state index contributed by atoms with van der Waals surface area (Å²) in [6.45, 7) is 4.23. The van der Waals surface area contributed by atoms with E-state index in [1.807, 2.05) is 4.57 Å². The molecule has 2 aromatic heterocycles. The number of benzene rings is 1. The molecule has 1 aromatic carbocycles. The minimum atomic E-state index is -0.236. The van der Waals surface area contributed by atoms with Gasteiger partial charge in [-0.05, 0) is 46.3 Å². The molecular formula is C17H13BrCl2N4O2S. The maximum atomic E-state index is 12.3. The van der Waals surface area contributed by atoms with Gasteiger partial charge >= 0.3 is 0 Å². The van der Waals surface area contributed by atoms with Crippen LogP contribution >= 0.6 is 50.9 Å². The summed E-state index contributed by atoms with van der Waals surface area (Å²) in [5.41, 5.74) is 0.462. The molecule has 0 aliphatic rings. The van der Waals surface area contributed by atoms with E-state index in [4.69, 9.17) is 27.6 Å². The number of thioether (sulfide) groups is 1. The Bertz CT molecular complexity index is 989. The number of aromatic nitrogens is 3. The van der Waals surface area contributed by atoms with E-state index in [1.54, 1.807) is 36.4 Å². The normalized spacial score (nSPS) is 10.8. The van der Waals surface area contributed by atoms with Gasteiger partial charge in [-0.25, -0.2) is 0 Å². The van der Waals surface area contributed by atoms with Gasteiger partial charge in [-0.15, -0.1) is 16.8 Å². The van der Waals surface area contributed by atoms with E-state index < -0.39 is 0 Å². The summed E-state index contributed by atoms with van der Waals surface area (Å²) in [6.07, 6.45) is 1.72. The number of anilines is 1. The van der Waals surface area contributed by atoms with Gasteiger partial charge < -0.3 is 9.73 Å². The number of hydrogen-bond acceptors (Lipinski definition) is 5. The highest BCUT2D eigenvalue weighted by Crippen LogP contribution is 2.28. The zero-order chi connectivity index (χ0) is 19.4. The highest BCUT2D eigenvalue weighted by atomic mass is 79.9. The van der Waals surface area contributed by atoms with E-state index in [2.05, 4.69) is 38.0 Å². The number of furan rings is 1. The highest BCUT2D eigenvalue weighted by Gasteiger charge is 2.17. The van der Waals surface area contributed by atoms with Crippen molar-refractivity contribution in [2.75, 3.05) is 11.1 Å². The highest BCUT2D eigenvalue weighted by molar-refractivity contribution is 9.10. The third kappa shape index (κ3) is 4.95. The molecule has 27 heavy (non-hydrogen) atoms. The number of rotatable bonds is 7. The molecule has 0 fully saturated rings. The fourth-order valence-electron chi connectivity index (χ4n) is 2.22. The monoisotopic (exact) mass is 486 g/mol. The lowest BCUT2D eigenvalue weighted by atomic mass is 10.3. The molecule has 3 aromatic rings. The van der Waals surface area contributed by atoms with Crippen LogP contribution in [0.25, 0.3) is 11.6 Å². The largest absolute Gasteiger partial charge is 0.446 e. The third-order valence-corrected chi connectivity index (χ3v) is 5.31. The molecule has 6 nitrogen and oxygen atoms in total. The van der Waals surface area contributed by atoms with Crippen molar-refractivity contribution in [2.24, 2.45) is 0 Å². The Balaban J connectivity index is 1.72. The number of nitrogens with one attached hydrogen (secondary N) is 1. The van der Waals surface area contributed by atoms with Gasteiger partial charge in [0.05, 0.1) is 16.5 Å². The van der Waals surface area contributed by atoms with Gasteiger partial charge in [0.1, 0.15) is 0 Å². The molecular weight excluding hydrogens is 475 g/mol. The molecule has 0 radical (unpaired) electrons. The van der Waals surface area contributed by atoms with Crippen LogP contribution in [-0.2, 0) is 11.3 Å². The number of halogens is 3. The van der Waals surface area contributed by atoms with E-state index in [0.717, 1.165) is 0 Å². The van der Waals surface area contributed by atoms with Crippen molar-refractivity contribution in [3.8, 4) is 11.6 Å². The molecule has 3 rings (SSSR count). The molecule has 1 N–H and O–H groups in total. The molecule has 0 aliphatic heterocycles. The molecule has 0 saturated heterocycles. The predicted molar refractivity (Wildman–Crippen MR) is 111 cm³/mol. The number of nitrogens with zero attached hydrogens (tertiary/aromatic N) is 3. The molecule has 2 heterocycles. The van der Waals surface area contributed by atoms with Crippen LogP contribution in [-0.4, -0.2) is 26.4 Å². The molecule has 140 valence electrons. The number of hydrogen-bond donors (Lipinski definition) is 1. The van der Waals surface area contributed by atoms with Crippen LogP contribution in [0.1, 0.15) is 0 Å². The first kappa shape index (κ1) is 20.0. The zero-order valence-corrected chi connectivity index (χ0v) is 17.7. The van der Waals surface area contributed by atoms with Crippen molar-refractivity contribution in [1.82, 2.24) is 14.8 Å². The van der Waals surface area contributed by atoms with Crippen LogP contribution in [0.3, 0.4) is 0 Å². The Labute approximate surface area is 178 Å². The molecule has 0 bridgehead atoms. The van der Waals surface area contributed by atoms with E-state index in [1.165, 1.54) is 11.8 Å². The first-order valence-electron chi connectivity index (χ1n) is 7.65. The first-order chi connectivity index (χ1) is 13.0. The van der Waals surface area contributed by atoms with E-state index in [0.29, 0.717) is 43.7 Å². The summed E-state index contributed by atoms with van der Waals surface area (Å²) in [5, 5.41) is 12.5. The van der Waals surface area contributed by atoms with Crippen LogP contribution in [0, 0.1) is 0 Å². The van der Waals surface area contributed by atoms with Crippen molar-refractivity contribution in [3.05, 3.63) is 57.7 Å². The van der Waals surface area contributed by atoms with Crippen LogP contribution < -0.4 is 5.32 Å². The fourth-order valence-corrected chi connectivity index (χ4v) is 3.61. The molecule has 0 saturated carbocycles. The average molecular weight is 488 g/mol. The SMILES string of the molecule is C=CCn1c(SCC(=O)Nc2cc(Cl)ccc2Cl)nnc1-c1ccc(Br)o1. The van der Waals surface area contributed by atoms with Gasteiger partial charge in [-0.2, -0.15) is 0 Å². The number of amides is 1. The Morgan fingerprint density at radius 1 is 1.33 bits per heavy atom. The van der Waals surface area contributed by atoms with Crippen molar-refractivity contribution in [2.45, 2.75) is 11.7 Å². The molecule has 0 spiro atoms. The average Bonchev–Trinajstić information content (AvgIpc) is 3.23. The van der Waals surface area contributed by atoms with Gasteiger partial charge in [0.2, 0.25) is 11.7 Å². The number of carbonyl (C=O) groups is 1. The van der Waals surface area contributed by atoms with Crippen molar-refractivity contribution in [1.29, 1.82) is 0 Å². The Morgan fingerprint density at radius 3 is 2.85 bits per heavy atom. The Morgan fingerprint density at radius 2 is 2.15 bits per heavy atom. The molecule has 0 aliphatic carbocycles.